The van der Waals surface area contributed by atoms with Crippen molar-refractivity contribution in [3.8, 4) is 11.5 Å². The molecule has 0 saturated carbocycles. The molecule has 6 nitrogen and oxygen atoms in total. The van der Waals surface area contributed by atoms with Gasteiger partial charge >= 0.3 is 6.03 Å². The Labute approximate surface area is 132 Å². The molecule has 0 unspecified atom stereocenters. The molecule has 1 aliphatic rings. The van der Waals surface area contributed by atoms with Crippen LogP contribution in [-0.4, -0.2) is 17.8 Å². The van der Waals surface area contributed by atoms with Gasteiger partial charge in [0, 0.05) is 0 Å². The Hall–Kier alpha value is -3.15. The Balaban J connectivity index is 1.78. The standard InChI is InChI=1S/C17H14N2O4/c1-10-3-2-4-13(9-10)23-12-7-5-11(6-8-12)14-15(20)18-17(22)19-16(14)21/h2-9,14H,1H3,(H2,18,19,20,21,22). The average molecular weight is 310 g/mol. The first-order valence-corrected chi connectivity index (χ1v) is 7.03. The molecular weight excluding hydrogens is 296 g/mol. The van der Waals surface area contributed by atoms with Crippen molar-refractivity contribution < 1.29 is 19.1 Å². The number of barbiturate groups is 1. The molecule has 0 aromatic heterocycles. The van der Waals surface area contributed by atoms with Gasteiger partial charge < -0.3 is 4.74 Å². The zero-order valence-corrected chi connectivity index (χ0v) is 12.3. The van der Waals surface area contributed by atoms with Crippen LogP contribution in [-0.2, 0) is 9.59 Å². The minimum absolute atomic E-state index is 0.490. The van der Waals surface area contributed by atoms with Gasteiger partial charge in [0.1, 0.15) is 17.4 Å². The van der Waals surface area contributed by atoms with E-state index in [2.05, 4.69) is 10.6 Å². The number of hydrogen-bond acceptors (Lipinski definition) is 4. The molecule has 4 amide bonds. The van der Waals surface area contributed by atoms with E-state index in [9.17, 15) is 14.4 Å². The van der Waals surface area contributed by atoms with E-state index in [4.69, 9.17) is 4.74 Å². The summed E-state index contributed by atoms with van der Waals surface area (Å²) in [5.74, 6) is -1.01. The van der Waals surface area contributed by atoms with Crippen molar-refractivity contribution in [2.45, 2.75) is 12.8 Å². The Bertz CT molecular complexity index is 763. The molecule has 1 aliphatic heterocycles. The molecule has 0 aliphatic carbocycles. The molecule has 3 rings (SSSR count). The van der Waals surface area contributed by atoms with Gasteiger partial charge in [-0.05, 0) is 42.3 Å². The molecule has 0 bridgehead atoms. The SMILES string of the molecule is Cc1cccc(Oc2ccc(C3C(=O)NC(=O)NC3=O)cc2)c1. The number of aryl methyl sites for hydroxylation is 1. The fourth-order valence-electron chi connectivity index (χ4n) is 2.36. The van der Waals surface area contributed by atoms with Crippen molar-refractivity contribution in [1.29, 1.82) is 0 Å². The average Bonchev–Trinajstić information content (AvgIpc) is 2.48. The van der Waals surface area contributed by atoms with Gasteiger partial charge in [-0.2, -0.15) is 0 Å². The lowest BCUT2D eigenvalue weighted by molar-refractivity contribution is -0.132. The van der Waals surface area contributed by atoms with Crippen LogP contribution in [0.3, 0.4) is 0 Å². The van der Waals surface area contributed by atoms with Crippen molar-refractivity contribution in [2.24, 2.45) is 0 Å². The number of carbonyl (C=O) groups is 3. The van der Waals surface area contributed by atoms with E-state index in [1.165, 1.54) is 0 Å². The second-order valence-electron chi connectivity index (χ2n) is 5.23. The second kappa shape index (κ2) is 5.92. The molecule has 2 aromatic carbocycles. The lowest BCUT2D eigenvalue weighted by Gasteiger charge is -2.20. The zero-order valence-electron chi connectivity index (χ0n) is 12.3. The number of rotatable bonds is 3. The molecule has 1 heterocycles. The number of imide groups is 2. The van der Waals surface area contributed by atoms with Crippen LogP contribution in [0.4, 0.5) is 4.79 Å². The number of nitrogens with one attached hydrogen (secondary N) is 2. The van der Waals surface area contributed by atoms with Crippen LogP contribution in [0.1, 0.15) is 17.0 Å². The number of urea groups is 1. The van der Waals surface area contributed by atoms with Gasteiger partial charge in [-0.1, -0.05) is 24.3 Å². The predicted molar refractivity (Wildman–Crippen MR) is 82.1 cm³/mol. The molecule has 6 heteroatoms. The van der Waals surface area contributed by atoms with Crippen LogP contribution >= 0.6 is 0 Å². The lowest BCUT2D eigenvalue weighted by atomic mass is 9.96. The Morgan fingerprint density at radius 3 is 2.13 bits per heavy atom. The Kier molecular flexibility index (Phi) is 3.80. The van der Waals surface area contributed by atoms with Gasteiger partial charge in [-0.15, -0.1) is 0 Å². The third kappa shape index (κ3) is 3.21. The quantitative estimate of drug-likeness (QED) is 0.852. The summed E-state index contributed by atoms with van der Waals surface area (Å²) < 4.78 is 5.72. The number of amides is 4. The van der Waals surface area contributed by atoms with Gasteiger partial charge in [0.15, 0.2) is 0 Å². The number of carbonyl (C=O) groups excluding carboxylic acids is 3. The van der Waals surface area contributed by atoms with Crippen LogP contribution < -0.4 is 15.4 Å². The topological polar surface area (TPSA) is 84.5 Å². The third-order valence-corrected chi connectivity index (χ3v) is 3.44. The van der Waals surface area contributed by atoms with Crippen molar-refractivity contribution in [2.75, 3.05) is 0 Å². The van der Waals surface area contributed by atoms with E-state index in [0.717, 1.165) is 5.56 Å². The lowest BCUT2D eigenvalue weighted by Crippen LogP contribution is -2.54. The summed E-state index contributed by atoms with van der Waals surface area (Å²) in [6.07, 6.45) is 0. The summed E-state index contributed by atoms with van der Waals surface area (Å²) in [6.45, 7) is 1.97. The maximum Gasteiger partial charge on any atom is 0.328 e. The molecule has 0 atom stereocenters. The second-order valence-corrected chi connectivity index (χ2v) is 5.23. The summed E-state index contributed by atoms with van der Waals surface area (Å²) in [6, 6.07) is 13.4. The van der Waals surface area contributed by atoms with Gasteiger partial charge in [0.2, 0.25) is 11.8 Å². The fraction of sp³-hybridized carbons (Fsp3) is 0.118. The first-order chi connectivity index (χ1) is 11.0. The van der Waals surface area contributed by atoms with Crippen LogP contribution in [0.25, 0.3) is 0 Å². The fourth-order valence-corrected chi connectivity index (χ4v) is 2.36. The van der Waals surface area contributed by atoms with Crippen molar-refractivity contribution in [1.82, 2.24) is 10.6 Å². The number of ether oxygens (including phenoxy) is 1. The summed E-state index contributed by atoms with van der Waals surface area (Å²) in [5.41, 5.74) is 1.57. The van der Waals surface area contributed by atoms with E-state index < -0.39 is 23.8 Å². The minimum atomic E-state index is -1.04. The smallest absolute Gasteiger partial charge is 0.328 e. The van der Waals surface area contributed by atoms with E-state index in [1.54, 1.807) is 24.3 Å². The van der Waals surface area contributed by atoms with E-state index in [0.29, 0.717) is 17.1 Å². The largest absolute Gasteiger partial charge is 0.457 e. The molecule has 23 heavy (non-hydrogen) atoms. The van der Waals surface area contributed by atoms with Crippen molar-refractivity contribution in [3.05, 3.63) is 59.7 Å². The summed E-state index contributed by atoms with van der Waals surface area (Å²) in [7, 11) is 0. The van der Waals surface area contributed by atoms with E-state index in [1.807, 2.05) is 31.2 Å². The highest BCUT2D eigenvalue weighted by Gasteiger charge is 2.35. The van der Waals surface area contributed by atoms with Gasteiger partial charge in [-0.25, -0.2) is 4.79 Å². The highest BCUT2D eigenvalue weighted by atomic mass is 16.5. The van der Waals surface area contributed by atoms with Gasteiger partial charge in [-0.3, -0.25) is 20.2 Å². The van der Waals surface area contributed by atoms with E-state index >= 15 is 0 Å². The number of benzene rings is 2. The van der Waals surface area contributed by atoms with Gasteiger partial charge in [0.05, 0.1) is 0 Å². The highest BCUT2D eigenvalue weighted by Crippen LogP contribution is 2.25. The Morgan fingerprint density at radius 1 is 0.870 bits per heavy atom. The van der Waals surface area contributed by atoms with Crippen LogP contribution in [0.2, 0.25) is 0 Å². The van der Waals surface area contributed by atoms with Crippen molar-refractivity contribution >= 4 is 17.8 Å². The minimum Gasteiger partial charge on any atom is -0.457 e. The van der Waals surface area contributed by atoms with Gasteiger partial charge in [0.25, 0.3) is 0 Å². The maximum absolute atomic E-state index is 11.8. The summed E-state index contributed by atoms with van der Waals surface area (Å²) >= 11 is 0. The van der Waals surface area contributed by atoms with Crippen LogP contribution in [0.5, 0.6) is 11.5 Å². The third-order valence-electron chi connectivity index (χ3n) is 3.44. The van der Waals surface area contributed by atoms with E-state index in [-0.39, 0.29) is 0 Å². The van der Waals surface area contributed by atoms with Crippen LogP contribution in [0.15, 0.2) is 48.5 Å². The maximum atomic E-state index is 11.8. The molecule has 1 saturated heterocycles. The molecule has 2 aromatic rings. The molecule has 2 N–H and O–H groups in total. The zero-order chi connectivity index (χ0) is 16.4. The molecule has 1 fully saturated rings. The first kappa shape index (κ1) is 14.8. The summed E-state index contributed by atoms with van der Waals surface area (Å²) in [4.78, 5) is 34.7. The molecule has 116 valence electrons. The highest BCUT2D eigenvalue weighted by molar-refractivity contribution is 6.19. The first-order valence-electron chi connectivity index (χ1n) is 7.03. The van der Waals surface area contributed by atoms with Crippen LogP contribution in [0, 0.1) is 6.92 Å². The molecule has 0 spiro atoms. The van der Waals surface area contributed by atoms with Crippen molar-refractivity contribution in [3.63, 3.8) is 0 Å². The monoisotopic (exact) mass is 310 g/mol. The molecular formula is C17H14N2O4. The normalized spacial score (nSPS) is 15.1. The predicted octanol–water partition coefficient (Wildman–Crippen LogP) is 2.24. The molecule has 0 radical (unpaired) electrons. The number of hydrogen-bond donors (Lipinski definition) is 2. The Morgan fingerprint density at radius 2 is 1.52 bits per heavy atom. The summed E-state index contributed by atoms with van der Waals surface area (Å²) in [5, 5.41) is 4.16.